The molecular weight excluding hydrogens is 314 g/mol. The number of anilines is 1. The summed E-state index contributed by atoms with van der Waals surface area (Å²) in [5.41, 5.74) is 0.812. The summed E-state index contributed by atoms with van der Waals surface area (Å²) in [6, 6.07) is 12.7. The van der Waals surface area contributed by atoms with Gasteiger partial charge in [-0.1, -0.05) is 23.7 Å². The summed E-state index contributed by atoms with van der Waals surface area (Å²) in [6.45, 7) is 4.81. The van der Waals surface area contributed by atoms with Gasteiger partial charge in [0.15, 0.2) is 11.5 Å². The third kappa shape index (κ3) is 3.27. The third-order valence-electron chi connectivity index (χ3n) is 3.91. The number of carbonyl (C=O) groups excluding carboxylic acids is 1. The second-order valence-corrected chi connectivity index (χ2v) is 6.38. The number of carbonyl (C=O) groups is 1. The fourth-order valence-electron chi connectivity index (χ4n) is 2.42. The van der Waals surface area contributed by atoms with Crippen molar-refractivity contribution < 1.29 is 14.3 Å². The minimum Gasteiger partial charge on any atom is -0.486 e. The van der Waals surface area contributed by atoms with Gasteiger partial charge in [0.25, 0.3) is 0 Å². The Labute approximate surface area is 140 Å². The monoisotopic (exact) mass is 331 g/mol. The molecule has 0 saturated heterocycles. The van der Waals surface area contributed by atoms with Crippen molar-refractivity contribution in [3.05, 3.63) is 53.1 Å². The zero-order valence-electron chi connectivity index (χ0n) is 13.1. The molecule has 0 bridgehead atoms. The molecule has 23 heavy (non-hydrogen) atoms. The van der Waals surface area contributed by atoms with Crippen LogP contribution in [0, 0.1) is 0 Å². The molecule has 1 N–H and O–H groups in total. The van der Waals surface area contributed by atoms with E-state index >= 15 is 0 Å². The predicted octanol–water partition coefficient (Wildman–Crippen LogP) is 4.03. The van der Waals surface area contributed by atoms with E-state index in [4.69, 9.17) is 21.1 Å². The fourth-order valence-corrected chi connectivity index (χ4v) is 2.61. The van der Waals surface area contributed by atoms with Crippen molar-refractivity contribution in [2.45, 2.75) is 19.3 Å². The van der Waals surface area contributed by atoms with Crippen LogP contribution in [-0.4, -0.2) is 19.1 Å². The SMILES string of the molecule is CC(C)(C(=O)Nc1cccc(Cl)c1)c1ccc2c(c1)OCCO2. The normalized spacial score (nSPS) is 13.5. The summed E-state index contributed by atoms with van der Waals surface area (Å²) in [6.07, 6.45) is 0. The van der Waals surface area contributed by atoms with Crippen molar-refractivity contribution >= 4 is 23.2 Å². The molecule has 120 valence electrons. The number of ether oxygens (including phenoxy) is 2. The lowest BCUT2D eigenvalue weighted by Crippen LogP contribution is -2.34. The highest BCUT2D eigenvalue weighted by Crippen LogP contribution is 2.35. The van der Waals surface area contributed by atoms with Crippen molar-refractivity contribution in [2.75, 3.05) is 18.5 Å². The lowest BCUT2D eigenvalue weighted by atomic mass is 9.83. The summed E-state index contributed by atoms with van der Waals surface area (Å²) in [5, 5.41) is 3.49. The van der Waals surface area contributed by atoms with Crippen LogP contribution in [0.15, 0.2) is 42.5 Å². The first-order valence-electron chi connectivity index (χ1n) is 7.44. The maximum Gasteiger partial charge on any atom is 0.234 e. The van der Waals surface area contributed by atoms with Gasteiger partial charge in [-0.2, -0.15) is 0 Å². The van der Waals surface area contributed by atoms with Crippen LogP contribution in [0.3, 0.4) is 0 Å². The summed E-state index contributed by atoms with van der Waals surface area (Å²) in [4.78, 5) is 12.7. The van der Waals surface area contributed by atoms with Gasteiger partial charge in [-0.15, -0.1) is 0 Å². The highest BCUT2D eigenvalue weighted by Gasteiger charge is 2.31. The molecule has 2 aromatic rings. The number of amides is 1. The minimum absolute atomic E-state index is 0.114. The number of halogens is 1. The third-order valence-corrected chi connectivity index (χ3v) is 4.15. The number of rotatable bonds is 3. The number of hydrogen-bond acceptors (Lipinski definition) is 3. The van der Waals surface area contributed by atoms with Crippen LogP contribution >= 0.6 is 11.6 Å². The van der Waals surface area contributed by atoms with Gasteiger partial charge in [-0.3, -0.25) is 4.79 Å². The molecule has 0 unspecified atom stereocenters. The average Bonchev–Trinajstić information content (AvgIpc) is 2.54. The Hall–Kier alpha value is -2.20. The lowest BCUT2D eigenvalue weighted by Gasteiger charge is -2.26. The van der Waals surface area contributed by atoms with E-state index in [1.54, 1.807) is 18.2 Å². The molecule has 2 aromatic carbocycles. The zero-order valence-corrected chi connectivity index (χ0v) is 13.8. The van der Waals surface area contributed by atoms with Gasteiger partial charge < -0.3 is 14.8 Å². The second-order valence-electron chi connectivity index (χ2n) is 5.95. The van der Waals surface area contributed by atoms with E-state index in [0.717, 1.165) is 5.56 Å². The Morgan fingerprint density at radius 1 is 1.09 bits per heavy atom. The van der Waals surface area contributed by atoms with Gasteiger partial charge in [-0.05, 0) is 49.7 Å². The van der Waals surface area contributed by atoms with Gasteiger partial charge in [0.05, 0.1) is 5.41 Å². The molecule has 1 amide bonds. The van der Waals surface area contributed by atoms with E-state index in [0.29, 0.717) is 35.4 Å². The Bertz CT molecular complexity index is 743. The van der Waals surface area contributed by atoms with E-state index in [9.17, 15) is 4.79 Å². The van der Waals surface area contributed by atoms with Crippen LogP contribution in [-0.2, 0) is 10.2 Å². The Morgan fingerprint density at radius 3 is 2.57 bits per heavy atom. The molecule has 0 atom stereocenters. The van der Waals surface area contributed by atoms with Gasteiger partial charge in [0.2, 0.25) is 5.91 Å². The number of fused-ring (bicyclic) bond motifs is 1. The van der Waals surface area contributed by atoms with Crippen LogP contribution in [0.2, 0.25) is 5.02 Å². The summed E-state index contributed by atoms with van der Waals surface area (Å²) in [5.74, 6) is 1.28. The Kier molecular flexibility index (Phi) is 4.18. The molecule has 0 aromatic heterocycles. The molecular formula is C18H18ClNO3. The van der Waals surface area contributed by atoms with Gasteiger partial charge >= 0.3 is 0 Å². The van der Waals surface area contributed by atoms with Gasteiger partial charge in [-0.25, -0.2) is 0 Å². The van der Waals surface area contributed by atoms with E-state index in [1.807, 2.05) is 38.1 Å². The topological polar surface area (TPSA) is 47.6 Å². The molecule has 0 saturated carbocycles. The first-order chi connectivity index (χ1) is 11.0. The van der Waals surface area contributed by atoms with Crippen LogP contribution < -0.4 is 14.8 Å². The van der Waals surface area contributed by atoms with Crippen LogP contribution in [0.5, 0.6) is 11.5 Å². The fraction of sp³-hybridized carbons (Fsp3) is 0.278. The quantitative estimate of drug-likeness (QED) is 0.923. The zero-order chi connectivity index (χ0) is 16.4. The predicted molar refractivity (Wildman–Crippen MR) is 90.5 cm³/mol. The maximum atomic E-state index is 12.7. The smallest absolute Gasteiger partial charge is 0.234 e. The van der Waals surface area contributed by atoms with Crippen molar-refractivity contribution in [1.29, 1.82) is 0 Å². The lowest BCUT2D eigenvalue weighted by molar-refractivity contribution is -0.120. The van der Waals surface area contributed by atoms with E-state index in [-0.39, 0.29) is 5.91 Å². The minimum atomic E-state index is -0.724. The van der Waals surface area contributed by atoms with Gasteiger partial charge in [0.1, 0.15) is 13.2 Å². The van der Waals surface area contributed by atoms with Crippen LogP contribution in [0.25, 0.3) is 0 Å². The maximum absolute atomic E-state index is 12.7. The second kappa shape index (κ2) is 6.13. The first kappa shape index (κ1) is 15.7. The molecule has 1 heterocycles. The first-order valence-corrected chi connectivity index (χ1v) is 7.82. The van der Waals surface area contributed by atoms with Crippen molar-refractivity contribution in [2.24, 2.45) is 0 Å². The molecule has 0 fully saturated rings. The van der Waals surface area contributed by atoms with Crippen LogP contribution in [0.4, 0.5) is 5.69 Å². The Balaban J connectivity index is 1.84. The Morgan fingerprint density at radius 2 is 1.83 bits per heavy atom. The van der Waals surface area contributed by atoms with E-state index < -0.39 is 5.41 Å². The largest absolute Gasteiger partial charge is 0.486 e. The average molecular weight is 332 g/mol. The highest BCUT2D eigenvalue weighted by atomic mass is 35.5. The molecule has 0 spiro atoms. The molecule has 1 aliphatic rings. The molecule has 3 rings (SSSR count). The van der Waals surface area contributed by atoms with Crippen LogP contribution in [0.1, 0.15) is 19.4 Å². The van der Waals surface area contributed by atoms with Gasteiger partial charge in [0, 0.05) is 10.7 Å². The number of benzene rings is 2. The standard InChI is InChI=1S/C18H18ClNO3/c1-18(2,17(21)20-14-5-3-4-13(19)11-14)12-6-7-15-16(10-12)23-9-8-22-15/h3-7,10-11H,8-9H2,1-2H3,(H,20,21). The summed E-state index contributed by atoms with van der Waals surface area (Å²) >= 11 is 5.96. The number of hydrogen-bond donors (Lipinski definition) is 1. The molecule has 5 heteroatoms. The number of nitrogens with one attached hydrogen (secondary N) is 1. The molecule has 1 aliphatic heterocycles. The van der Waals surface area contributed by atoms with Crippen molar-refractivity contribution in [3.63, 3.8) is 0 Å². The summed E-state index contributed by atoms with van der Waals surface area (Å²) < 4.78 is 11.1. The highest BCUT2D eigenvalue weighted by molar-refractivity contribution is 6.30. The summed E-state index contributed by atoms with van der Waals surface area (Å²) in [7, 11) is 0. The van der Waals surface area contributed by atoms with E-state index in [1.165, 1.54) is 0 Å². The van der Waals surface area contributed by atoms with Crippen molar-refractivity contribution in [1.82, 2.24) is 0 Å². The van der Waals surface area contributed by atoms with E-state index in [2.05, 4.69) is 5.32 Å². The molecule has 0 radical (unpaired) electrons. The molecule has 4 nitrogen and oxygen atoms in total. The molecule has 0 aliphatic carbocycles. The van der Waals surface area contributed by atoms with Crippen molar-refractivity contribution in [3.8, 4) is 11.5 Å².